The van der Waals surface area contributed by atoms with Crippen molar-refractivity contribution in [2.24, 2.45) is 0 Å². The number of ether oxygens (including phenoxy) is 1. The fourth-order valence-corrected chi connectivity index (χ4v) is 4.43. The second kappa shape index (κ2) is 8.17. The van der Waals surface area contributed by atoms with E-state index in [1.807, 2.05) is 6.07 Å². The topological polar surface area (TPSA) is 32.7 Å². The zero-order valence-corrected chi connectivity index (χ0v) is 15.1. The molecule has 1 aromatic carbocycles. The monoisotopic (exact) mass is 371 g/mol. The van der Waals surface area contributed by atoms with Crippen LogP contribution in [0.4, 0.5) is 13.2 Å². The molecule has 0 spiro atoms. The molecule has 1 aliphatic heterocycles. The quantitative estimate of drug-likeness (QED) is 0.803. The van der Waals surface area contributed by atoms with Crippen LogP contribution in [0.5, 0.6) is 5.75 Å². The molecule has 2 aliphatic rings. The van der Waals surface area contributed by atoms with Gasteiger partial charge in [0.2, 0.25) is 0 Å². The molecular weight excluding hydrogens is 343 g/mol. The van der Waals surface area contributed by atoms with Crippen LogP contribution in [0.2, 0.25) is 0 Å². The molecule has 1 atom stereocenters. The summed E-state index contributed by atoms with van der Waals surface area (Å²) < 4.78 is 41.9. The highest BCUT2D eigenvalue weighted by atomic mass is 19.4. The number of benzene rings is 1. The van der Waals surface area contributed by atoms with E-state index < -0.39 is 12.0 Å². The third kappa shape index (κ3) is 5.13. The van der Waals surface area contributed by atoms with Gasteiger partial charge >= 0.3 is 6.36 Å². The van der Waals surface area contributed by atoms with E-state index in [9.17, 15) is 18.3 Å². The standard InChI is InChI=1S/C20H28F3NO2/c21-20(22,23)26-17-9-7-8-16(14-17)18(15-24-12-5-2-6-13-24)19(25)10-3-1-4-11-19/h7-9,14,18,25H,1-6,10-13,15H2. The molecule has 26 heavy (non-hydrogen) atoms. The van der Waals surface area contributed by atoms with Gasteiger partial charge in [-0.2, -0.15) is 0 Å². The van der Waals surface area contributed by atoms with E-state index in [1.165, 1.54) is 18.6 Å². The second-order valence-electron chi connectivity index (χ2n) is 7.70. The first-order chi connectivity index (χ1) is 12.4. The Morgan fingerprint density at radius 1 is 1.04 bits per heavy atom. The van der Waals surface area contributed by atoms with Crippen molar-refractivity contribution in [3.63, 3.8) is 0 Å². The minimum absolute atomic E-state index is 0.197. The molecule has 3 rings (SSSR count). The molecule has 1 N–H and O–H groups in total. The third-order valence-electron chi connectivity index (χ3n) is 5.75. The molecule has 3 nitrogen and oxygen atoms in total. The van der Waals surface area contributed by atoms with E-state index in [-0.39, 0.29) is 11.7 Å². The fourth-order valence-electron chi connectivity index (χ4n) is 4.43. The molecule has 6 heteroatoms. The first-order valence-electron chi connectivity index (χ1n) is 9.66. The van der Waals surface area contributed by atoms with Crippen LogP contribution in [0.15, 0.2) is 24.3 Å². The number of likely N-dealkylation sites (tertiary alicyclic amines) is 1. The van der Waals surface area contributed by atoms with Gasteiger partial charge in [0.15, 0.2) is 0 Å². The first-order valence-corrected chi connectivity index (χ1v) is 9.66. The average molecular weight is 371 g/mol. The van der Waals surface area contributed by atoms with Crippen LogP contribution in [0, 0.1) is 0 Å². The van der Waals surface area contributed by atoms with Crippen molar-refractivity contribution in [1.82, 2.24) is 4.90 Å². The fraction of sp³-hybridized carbons (Fsp3) is 0.700. The normalized spacial score (nSPS) is 22.8. The highest BCUT2D eigenvalue weighted by Gasteiger charge is 2.40. The zero-order chi connectivity index (χ0) is 18.6. The highest BCUT2D eigenvalue weighted by Crippen LogP contribution is 2.41. The van der Waals surface area contributed by atoms with E-state index in [0.717, 1.165) is 50.8 Å². The second-order valence-corrected chi connectivity index (χ2v) is 7.70. The minimum Gasteiger partial charge on any atom is -0.406 e. The van der Waals surface area contributed by atoms with Crippen LogP contribution in [0.25, 0.3) is 0 Å². The summed E-state index contributed by atoms with van der Waals surface area (Å²) in [5.74, 6) is -0.407. The first kappa shape index (κ1) is 19.5. The summed E-state index contributed by atoms with van der Waals surface area (Å²) in [7, 11) is 0. The van der Waals surface area contributed by atoms with Crippen LogP contribution < -0.4 is 4.74 Å². The number of nitrogens with zero attached hydrogens (tertiary/aromatic N) is 1. The van der Waals surface area contributed by atoms with E-state index in [1.54, 1.807) is 6.07 Å². The summed E-state index contributed by atoms with van der Waals surface area (Å²) in [5.41, 5.74) is -0.117. The lowest BCUT2D eigenvalue weighted by atomic mass is 9.72. The molecule has 1 saturated carbocycles. The predicted octanol–water partition coefficient (Wildman–Crippen LogP) is 4.85. The molecule has 1 aliphatic carbocycles. The lowest BCUT2D eigenvalue weighted by Gasteiger charge is -2.42. The number of halogens is 3. The summed E-state index contributed by atoms with van der Waals surface area (Å²) in [6.07, 6.45) is 3.24. The van der Waals surface area contributed by atoms with Crippen molar-refractivity contribution in [1.29, 1.82) is 0 Å². The maximum Gasteiger partial charge on any atom is 0.573 e. The van der Waals surface area contributed by atoms with Gasteiger partial charge in [-0.05, 0) is 56.5 Å². The molecule has 1 heterocycles. The molecule has 0 bridgehead atoms. The van der Waals surface area contributed by atoms with Crippen LogP contribution in [-0.4, -0.2) is 41.6 Å². The number of hydrogen-bond donors (Lipinski definition) is 1. The van der Waals surface area contributed by atoms with Gasteiger partial charge in [0.25, 0.3) is 0 Å². The van der Waals surface area contributed by atoms with Gasteiger partial charge in [0.05, 0.1) is 5.60 Å². The van der Waals surface area contributed by atoms with Crippen molar-refractivity contribution in [2.75, 3.05) is 19.6 Å². The maximum absolute atomic E-state index is 12.6. The summed E-state index contributed by atoms with van der Waals surface area (Å²) >= 11 is 0. The molecule has 1 aromatic rings. The van der Waals surface area contributed by atoms with Crippen LogP contribution >= 0.6 is 0 Å². The molecule has 146 valence electrons. The Morgan fingerprint density at radius 3 is 2.35 bits per heavy atom. The van der Waals surface area contributed by atoms with Crippen LogP contribution in [0.1, 0.15) is 62.8 Å². The largest absolute Gasteiger partial charge is 0.573 e. The van der Waals surface area contributed by atoms with E-state index in [4.69, 9.17) is 0 Å². The zero-order valence-electron chi connectivity index (χ0n) is 15.1. The van der Waals surface area contributed by atoms with Gasteiger partial charge in [-0.15, -0.1) is 13.2 Å². The predicted molar refractivity (Wildman–Crippen MR) is 94.2 cm³/mol. The number of alkyl halides is 3. The van der Waals surface area contributed by atoms with Gasteiger partial charge in [-0.3, -0.25) is 0 Å². The Bertz CT molecular complexity index is 579. The van der Waals surface area contributed by atoms with Gasteiger partial charge in [-0.25, -0.2) is 0 Å². The number of aliphatic hydroxyl groups is 1. The third-order valence-corrected chi connectivity index (χ3v) is 5.75. The van der Waals surface area contributed by atoms with Crippen molar-refractivity contribution >= 4 is 0 Å². The SMILES string of the molecule is OC1(C(CN2CCCCC2)c2cccc(OC(F)(F)F)c2)CCCCC1. The summed E-state index contributed by atoms with van der Waals surface area (Å²) in [4.78, 5) is 2.35. The van der Waals surface area contributed by atoms with E-state index in [2.05, 4.69) is 9.64 Å². The Morgan fingerprint density at radius 2 is 1.69 bits per heavy atom. The van der Waals surface area contributed by atoms with Crippen LogP contribution in [-0.2, 0) is 0 Å². The smallest absolute Gasteiger partial charge is 0.406 e. The maximum atomic E-state index is 12.6. The average Bonchev–Trinajstić information content (AvgIpc) is 2.60. The van der Waals surface area contributed by atoms with Gasteiger partial charge in [0, 0.05) is 12.5 Å². The summed E-state index contributed by atoms with van der Waals surface area (Å²) in [5, 5.41) is 11.3. The Kier molecular flexibility index (Phi) is 6.13. The van der Waals surface area contributed by atoms with Crippen molar-refractivity contribution in [2.45, 2.75) is 69.2 Å². The molecule has 2 fully saturated rings. The van der Waals surface area contributed by atoms with Gasteiger partial charge in [-0.1, -0.05) is 37.8 Å². The Labute approximate surface area is 153 Å². The minimum atomic E-state index is -4.71. The summed E-state index contributed by atoms with van der Waals surface area (Å²) in [6.45, 7) is 2.67. The van der Waals surface area contributed by atoms with Crippen molar-refractivity contribution in [3.05, 3.63) is 29.8 Å². The molecule has 0 radical (unpaired) electrons. The lowest BCUT2D eigenvalue weighted by molar-refractivity contribution is -0.274. The Hall–Kier alpha value is -1.27. The summed E-state index contributed by atoms with van der Waals surface area (Å²) in [6, 6.07) is 6.19. The van der Waals surface area contributed by atoms with Gasteiger partial charge in [0.1, 0.15) is 5.75 Å². The van der Waals surface area contributed by atoms with Crippen LogP contribution in [0.3, 0.4) is 0 Å². The molecule has 0 amide bonds. The Balaban J connectivity index is 1.85. The van der Waals surface area contributed by atoms with Crippen molar-refractivity contribution < 1.29 is 23.0 Å². The number of hydrogen-bond acceptors (Lipinski definition) is 3. The van der Waals surface area contributed by atoms with Crippen molar-refractivity contribution in [3.8, 4) is 5.75 Å². The number of rotatable bonds is 5. The molecular formula is C20H28F3NO2. The molecule has 0 aromatic heterocycles. The van der Waals surface area contributed by atoms with E-state index in [0.29, 0.717) is 19.4 Å². The molecule has 1 unspecified atom stereocenters. The number of piperidine rings is 1. The lowest BCUT2D eigenvalue weighted by Crippen LogP contribution is -2.45. The van der Waals surface area contributed by atoms with E-state index >= 15 is 0 Å². The highest BCUT2D eigenvalue weighted by molar-refractivity contribution is 5.33. The van der Waals surface area contributed by atoms with Gasteiger partial charge < -0.3 is 14.7 Å². The molecule has 1 saturated heterocycles.